The van der Waals surface area contributed by atoms with Crippen LogP contribution in [0.2, 0.25) is 0 Å². The van der Waals surface area contributed by atoms with E-state index in [4.69, 9.17) is 4.74 Å². The number of carbonyl (C=O) groups excluding carboxylic acids is 2. The molecule has 0 radical (unpaired) electrons. The number of nitrogens with zero attached hydrogens (tertiary/aromatic N) is 2. The summed E-state index contributed by atoms with van der Waals surface area (Å²) in [5, 5.41) is 2.77. The average molecular weight is 494 g/mol. The highest BCUT2D eigenvalue weighted by molar-refractivity contribution is 7.92. The van der Waals surface area contributed by atoms with Gasteiger partial charge in [-0.25, -0.2) is 12.8 Å². The van der Waals surface area contributed by atoms with Crippen molar-refractivity contribution in [3.8, 4) is 5.75 Å². The van der Waals surface area contributed by atoms with Crippen LogP contribution in [0.3, 0.4) is 0 Å². The van der Waals surface area contributed by atoms with Crippen LogP contribution >= 0.6 is 0 Å². The number of unbranched alkanes of at least 4 members (excludes halogenated alkanes) is 1. The lowest BCUT2D eigenvalue weighted by Gasteiger charge is -2.31. The van der Waals surface area contributed by atoms with Crippen LogP contribution in [0.4, 0.5) is 10.1 Å². The molecule has 0 bridgehead atoms. The van der Waals surface area contributed by atoms with Crippen molar-refractivity contribution < 1.29 is 27.1 Å². The van der Waals surface area contributed by atoms with Gasteiger partial charge in [0.05, 0.1) is 19.1 Å². The fourth-order valence-electron chi connectivity index (χ4n) is 3.31. The molecular formula is C24H32FN3O5S. The molecule has 0 heterocycles. The van der Waals surface area contributed by atoms with Gasteiger partial charge in [-0.15, -0.1) is 0 Å². The SMILES string of the molecule is CCCCNC(=O)[C@H](C)N(Cc1ccccc1F)C(=O)CN(c1cccc(OC)c1)S(C)(=O)=O. The first-order chi connectivity index (χ1) is 16.1. The number of benzene rings is 2. The van der Waals surface area contributed by atoms with Gasteiger partial charge < -0.3 is 15.0 Å². The molecule has 2 amide bonds. The number of methoxy groups -OCH3 is 1. The summed E-state index contributed by atoms with van der Waals surface area (Å²) in [6.07, 6.45) is 2.65. The smallest absolute Gasteiger partial charge is 0.244 e. The van der Waals surface area contributed by atoms with Crippen molar-refractivity contribution >= 4 is 27.5 Å². The third-order valence-electron chi connectivity index (χ3n) is 5.32. The van der Waals surface area contributed by atoms with E-state index < -0.39 is 40.2 Å². The number of anilines is 1. The lowest BCUT2D eigenvalue weighted by Crippen LogP contribution is -2.51. The van der Waals surface area contributed by atoms with Crippen molar-refractivity contribution in [1.82, 2.24) is 10.2 Å². The molecule has 2 aromatic carbocycles. The van der Waals surface area contributed by atoms with Crippen molar-refractivity contribution in [2.45, 2.75) is 39.3 Å². The Morgan fingerprint density at radius 2 is 1.85 bits per heavy atom. The average Bonchev–Trinajstić information content (AvgIpc) is 2.80. The van der Waals surface area contributed by atoms with E-state index >= 15 is 0 Å². The first-order valence-corrected chi connectivity index (χ1v) is 12.9. The van der Waals surface area contributed by atoms with Gasteiger partial charge in [-0.2, -0.15) is 0 Å². The number of sulfonamides is 1. The molecule has 0 saturated heterocycles. The molecule has 0 aliphatic carbocycles. The van der Waals surface area contributed by atoms with Crippen LogP contribution in [-0.4, -0.2) is 57.6 Å². The molecule has 8 nitrogen and oxygen atoms in total. The highest BCUT2D eigenvalue weighted by Gasteiger charge is 2.30. The zero-order valence-corrected chi connectivity index (χ0v) is 20.8. The Hall–Kier alpha value is -3.14. The van der Waals surface area contributed by atoms with Crippen LogP contribution in [0, 0.1) is 5.82 Å². The van der Waals surface area contributed by atoms with E-state index in [0.29, 0.717) is 12.3 Å². The third-order valence-corrected chi connectivity index (χ3v) is 6.46. The maximum atomic E-state index is 14.4. The van der Waals surface area contributed by atoms with Crippen LogP contribution < -0.4 is 14.4 Å². The maximum Gasteiger partial charge on any atom is 0.244 e. The Morgan fingerprint density at radius 3 is 2.47 bits per heavy atom. The van der Waals surface area contributed by atoms with Gasteiger partial charge in [-0.05, 0) is 31.5 Å². The lowest BCUT2D eigenvalue weighted by molar-refractivity contribution is -0.139. The Kier molecular flexibility index (Phi) is 9.85. The third kappa shape index (κ3) is 7.44. The molecular weight excluding hydrogens is 461 g/mol. The number of rotatable bonds is 12. The van der Waals surface area contributed by atoms with Gasteiger partial charge in [-0.3, -0.25) is 13.9 Å². The first-order valence-electron chi connectivity index (χ1n) is 11.0. The summed E-state index contributed by atoms with van der Waals surface area (Å²) < 4.78 is 45.6. The first kappa shape index (κ1) is 27.1. The molecule has 0 aromatic heterocycles. The predicted octanol–water partition coefficient (Wildman–Crippen LogP) is 2.93. The highest BCUT2D eigenvalue weighted by Crippen LogP contribution is 2.24. The van der Waals surface area contributed by atoms with Crippen LogP contribution in [-0.2, 0) is 26.2 Å². The Labute approximate surface area is 200 Å². The lowest BCUT2D eigenvalue weighted by atomic mass is 10.1. The molecule has 0 unspecified atom stereocenters. The summed E-state index contributed by atoms with van der Waals surface area (Å²) >= 11 is 0. The van der Waals surface area contributed by atoms with E-state index in [-0.39, 0.29) is 17.8 Å². The van der Waals surface area contributed by atoms with Gasteiger partial charge in [0.2, 0.25) is 21.8 Å². The van der Waals surface area contributed by atoms with Gasteiger partial charge in [0.15, 0.2) is 0 Å². The zero-order valence-electron chi connectivity index (χ0n) is 20.0. The van der Waals surface area contributed by atoms with Crippen LogP contribution in [0.5, 0.6) is 5.75 Å². The summed E-state index contributed by atoms with van der Waals surface area (Å²) in [4.78, 5) is 27.3. The molecule has 0 aliphatic rings. The quantitative estimate of drug-likeness (QED) is 0.459. The number of carbonyl (C=O) groups is 2. The van der Waals surface area contributed by atoms with Crippen LogP contribution in [0.15, 0.2) is 48.5 Å². The van der Waals surface area contributed by atoms with Crippen molar-refractivity contribution in [3.05, 3.63) is 59.9 Å². The van der Waals surface area contributed by atoms with Crippen molar-refractivity contribution in [1.29, 1.82) is 0 Å². The molecule has 34 heavy (non-hydrogen) atoms. The van der Waals surface area contributed by atoms with E-state index in [2.05, 4.69) is 5.32 Å². The molecule has 2 aromatic rings. The van der Waals surface area contributed by atoms with Gasteiger partial charge in [0.1, 0.15) is 24.2 Å². The number of ether oxygens (including phenoxy) is 1. The van der Waals surface area contributed by atoms with Crippen LogP contribution in [0.1, 0.15) is 32.3 Å². The molecule has 186 valence electrons. The summed E-state index contributed by atoms with van der Waals surface area (Å²) in [6.45, 7) is 3.22. The molecule has 1 N–H and O–H groups in total. The minimum Gasteiger partial charge on any atom is -0.497 e. The minimum atomic E-state index is -3.86. The standard InChI is InChI=1S/C24H32FN3O5S/c1-5-6-14-26-24(30)18(2)27(16-19-10-7-8-13-22(19)25)23(29)17-28(34(4,31)32)20-11-9-12-21(15-20)33-3/h7-13,15,18H,5-6,14,16-17H2,1-4H3,(H,26,30)/t18-/m0/s1. The molecule has 1 atom stereocenters. The predicted molar refractivity (Wildman–Crippen MR) is 130 cm³/mol. The summed E-state index contributed by atoms with van der Waals surface area (Å²) in [7, 11) is -2.41. The molecule has 0 saturated carbocycles. The number of halogens is 1. The largest absolute Gasteiger partial charge is 0.497 e. The fraction of sp³-hybridized carbons (Fsp3) is 0.417. The van der Waals surface area contributed by atoms with Crippen LogP contribution in [0.25, 0.3) is 0 Å². The van der Waals surface area contributed by atoms with Crippen molar-refractivity contribution in [2.24, 2.45) is 0 Å². The number of hydrogen-bond donors (Lipinski definition) is 1. The number of amides is 2. The summed E-state index contributed by atoms with van der Waals surface area (Å²) in [6, 6.07) is 11.3. The summed E-state index contributed by atoms with van der Waals surface area (Å²) in [5.74, 6) is -1.14. The summed E-state index contributed by atoms with van der Waals surface area (Å²) in [5.41, 5.74) is 0.456. The second kappa shape index (κ2) is 12.4. The molecule has 2 rings (SSSR count). The van der Waals surface area contributed by atoms with Gasteiger partial charge in [0, 0.05) is 24.7 Å². The van der Waals surface area contributed by atoms with E-state index in [1.54, 1.807) is 24.3 Å². The normalized spacial score (nSPS) is 12.0. The van der Waals surface area contributed by atoms with Gasteiger partial charge in [-0.1, -0.05) is 37.6 Å². The van der Waals surface area contributed by atoms with E-state index in [1.165, 1.54) is 43.2 Å². The molecule has 0 spiro atoms. The maximum absolute atomic E-state index is 14.4. The zero-order chi connectivity index (χ0) is 25.3. The Morgan fingerprint density at radius 1 is 1.15 bits per heavy atom. The molecule has 0 aliphatic heterocycles. The minimum absolute atomic E-state index is 0.191. The number of nitrogens with one attached hydrogen (secondary N) is 1. The monoisotopic (exact) mass is 493 g/mol. The number of hydrogen-bond acceptors (Lipinski definition) is 5. The van der Waals surface area contributed by atoms with Gasteiger partial charge in [0.25, 0.3) is 0 Å². The molecule has 10 heteroatoms. The van der Waals surface area contributed by atoms with E-state index in [1.807, 2.05) is 6.92 Å². The van der Waals surface area contributed by atoms with E-state index in [9.17, 15) is 22.4 Å². The highest BCUT2D eigenvalue weighted by atomic mass is 32.2. The van der Waals surface area contributed by atoms with Crippen molar-refractivity contribution in [3.63, 3.8) is 0 Å². The fourth-order valence-corrected chi connectivity index (χ4v) is 4.15. The Bertz CT molecular complexity index is 1090. The second-order valence-corrected chi connectivity index (χ2v) is 9.81. The van der Waals surface area contributed by atoms with Crippen molar-refractivity contribution in [2.75, 3.05) is 30.8 Å². The molecule has 0 fully saturated rings. The Balaban J connectivity index is 2.37. The van der Waals surface area contributed by atoms with E-state index in [0.717, 1.165) is 23.4 Å². The topological polar surface area (TPSA) is 96.0 Å². The second-order valence-electron chi connectivity index (χ2n) is 7.90. The van der Waals surface area contributed by atoms with Gasteiger partial charge >= 0.3 is 0 Å².